The topological polar surface area (TPSA) is 49.3 Å². The molecule has 3 nitrogen and oxygen atoms in total. The van der Waals surface area contributed by atoms with Crippen LogP contribution in [0.15, 0.2) is 59.1 Å². The minimum atomic E-state index is -0.383. The average Bonchev–Trinajstić information content (AvgIpc) is 2.50. The summed E-state index contributed by atoms with van der Waals surface area (Å²) in [6, 6.07) is 15.8. The Morgan fingerprint density at radius 1 is 1.09 bits per heavy atom. The van der Waals surface area contributed by atoms with Crippen LogP contribution in [0, 0.1) is 0 Å². The summed E-state index contributed by atoms with van der Waals surface area (Å²) >= 11 is 9.22. The summed E-state index contributed by atoms with van der Waals surface area (Å²) in [5.74, 6) is -0.410. The van der Waals surface area contributed by atoms with Gasteiger partial charge in [-0.15, -0.1) is 0 Å². The molecule has 0 unspecified atom stereocenters. The predicted molar refractivity (Wildman–Crippen MR) is 92.7 cm³/mol. The van der Waals surface area contributed by atoms with E-state index in [2.05, 4.69) is 21.2 Å². The largest absolute Gasteiger partial charge is 0.506 e. The lowest BCUT2D eigenvalue weighted by molar-refractivity contribution is 0.102. The highest BCUT2D eigenvalue weighted by Gasteiger charge is 2.15. The second-order valence-electron chi connectivity index (χ2n) is 4.76. The first-order chi connectivity index (χ1) is 10.6. The molecule has 3 aromatic carbocycles. The molecular weight excluding hydrogens is 366 g/mol. The number of carbonyl (C=O) groups is 1. The molecule has 0 fully saturated rings. The van der Waals surface area contributed by atoms with Gasteiger partial charge in [-0.25, -0.2) is 0 Å². The van der Waals surface area contributed by atoms with Crippen molar-refractivity contribution >= 4 is 49.9 Å². The van der Waals surface area contributed by atoms with Crippen LogP contribution in [-0.4, -0.2) is 11.0 Å². The Bertz CT molecular complexity index is 880. The van der Waals surface area contributed by atoms with Crippen LogP contribution in [0.1, 0.15) is 10.4 Å². The first-order valence-electron chi connectivity index (χ1n) is 6.53. The third-order valence-electron chi connectivity index (χ3n) is 3.32. The molecule has 3 aromatic rings. The standard InChI is InChI=1S/C17H11BrClNO2/c18-14-9-11(19)6-8-15(14)20-17(22)13-7-5-10-3-1-2-4-12(10)16(13)21/h1-9,21H,(H,20,22). The Labute approximate surface area is 140 Å². The number of rotatable bonds is 2. The van der Waals surface area contributed by atoms with Crippen molar-refractivity contribution in [2.45, 2.75) is 0 Å². The molecule has 0 saturated carbocycles. The van der Waals surface area contributed by atoms with E-state index in [9.17, 15) is 9.90 Å². The molecule has 0 atom stereocenters. The number of phenolic OH excluding ortho intramolecular Hbond substituents is 1. The number of carbonyl (C=O) groups excluding carboxylic acids is 1. The van der Waals surface area contributed by atoms with Gasteiger partial charge in [0.25, 0.3) is 5.91 Å². The zero-order chi connectivity index (χ0) is 15.7. The fraction of sp³-hybridized carbons (Fsp3) is 0. The zero-order valence-corrected chi connectivity index (χ0v) is 13.6. The van der Waals surface area contributed by atoms with E-state index in [1.165, 1.54) is 0 Å². The van der Waals surface area contributed by atoms with E-state index in [4.69, 9.17) is 11.6 Å². The zero-order valence-electron chi connectivity index (χ0n) is 11.3. The van der Waals surface area contributed by atoms with Crippen LogP contribution in [0.4, 0.5) is 5.69 Å². The number of phenols is 1. The van der Waals surface area contributed by atoms with Gasteiger partial charge in [-0.3, -0.25) is 4.79 Å². The van der Waals surface area contributed by atoms with Gasteiger partial charge in [0, 0.05) is 14.9 Å². The van der Waals surface area contributed by atoms with E-state index in [-0.39, 0.29) is 17.2 Å². The van der Waals surface area contributed by atoms with Crippen LogP contribution >= 0.6 is 27.5 Å². The molecule has 110 valence electrons. The summed E-state index contributed by atoms with van der Waals surface area (Å²) in [4.78, 5) is 12.4. The Balaban J connectivity index is 1.97. The van der Waals surface area contributed by atoms with E-state index >= 15 is 0 Å². The van der Waals surface area contributed by atoms with Gasteiger partial charge in [-0.2, -0.15) is 0 Å². The van der Waals surface area contributed by atoms with Crippen molar-refractivity contribution in [3.05, 3.63) is 69.7 Å². The summed E-state index contributed by atoms with van der Waals surface area (Å²) in [5, 5.41) is 15.2. The van der Waals surface area contributed by atoms with Gasteiger partial charge in [0.15, 0.2) is 0 Å². The molecular formula is C17H11BrClNO2. The van der Waals surface area contributed by atoms with Crippen LogP contribution in [0.2, 0.25) is 5.02 Å². The third kappa shape index (κ3) is 2.80. The molecule has 0 aliphatic rings. The van der Waals surface area contributed by atoms with Crippen LogP contribution in [-0.2, 0) is 0 Å². The molecule has 0 bridgehead atoms. The molecule has 5 heteroatoms. The summed E-state index contributed by atoms with van der Waals surface area (Å²) < 4.78 is 0.675. The van der Waals surface area contributed by atoms with Gasteiger partial charge >= 0.3 is 0 Å². The maximum atomic E-state index is 12.4. The summed E-state index contributed by atoms with van der Waals surface area (Å²) in [7, 11) is 0. The normalized spacial score (nSPS) is 10.6. The molecule has 0 spiro atoms. The van der Waals surface area contributed by atoms with Crippen molar-refractivity contribution in [1.29, 1.82) is 0 Å². The van der Waals surface area contributed by atoms with Gasteiger partial charge in [0.2, 0.25) is 0 Å². The van der Waals surface area contributed by atoms with Gasteiger partial charge in [-0.05, 0) is 45.6 Å². The van der Waals surface area contributed by atoms with Crippen molar-refractivity contribution in [2.75, 3.05) is 5.32 Å². The van der Waals surface area contributed by atoms with Crippen molar-refractivity contribution in [2.24, 2.45) is 0 Å². The first kappa shape index (κ1) is 14.9. The molecule has 0 aliphatic heterocycles. The maximum Gasteiger partial charge on any atom is 0.259 e. The second kappa shape index (κ2) is 5.99. The highest BCUT2D eigenvalue weighted by molar-refractivity contribution is 9.10. The van der Waals surface area contributed by atoms with Crippen LogP contribution in [0.3, 0.4) is 0 Å². The summed E-state index contributed by atoms with van der Waals surface area (Å²) in [6.07, 6.45) is 0. The van der Waals surface area contributed by atoms with Crippen LogP contribution in [0.5, 0.6) is 5.75 Å². The van der Waals surface area contributed by atoms with Gasteiger partial charge in [0.1, 0.15) is 5.75 Å². The fourth-order valence-corrected chi connectivity index (χ4v) is 3.00. The van der Waals surface area contributed by atoms with Crippen molar-refractivity contribution in [3.8, 4) is 5.75 Å². The van der Waals surface area contributed by atoms with E-state index < -0.39 is 0 Å². The monoisotopic (exact) mass is 375 g/mol. The van der Waals surface area contributed by atoms with E-state index in [1.54, 1.807) is 36.4 Å². The van der Waals surface area contributed by atoms with Crippen molar-refractivity contribution in [3.63, 3.8) is 0 Å². The molecule has 0 aromatic heterocycles. The summed E-state index contributed by atoms with van der Waals surface area (Å²) in [6.45, 7) is 0. The maximum absolute atomic E-state index is 12.4. The van der Waals surface area contributed by atoms with Crippen LogP contribution < -0.4 is 5.32 Å². The van der Waals surface area contributed by atoms with Crippen molar-refractivity contribution in [1.82, 2.24) is 0 Å². The van der Waals surface area contributed by atoms with E-state index in [1.807, 2.05) is 18.2 Å². The number of hydrogen-bond acceptors (Lipinski definition) is 2. The highest BCUT2D eigenvalue weighted by Crippen LogP contribution is 2.31. The molecule has 0 saturated heterocycles. The highest BCUT2D eigenvalue weighted by atomic mass is 79.9. The molecule has 1 amide bonds. The minimum Gasteiger partial charge on any atom is -0.506 e. The number of benzene rings is 3. The molecule has 3 rings (SSSR count). The predicted octanol–water partition coefficient (Wildman–Crippen LogP) is 5.21. The lowest BCUT2D eigenvalue weighted by atomic mass is 10.0. The Kier molecular flexibility index (Phi) is 4.05. The molecule has 2 N–H and O–H groups in total. The second-order valence-corrected chi connectivity index (χ2v) is 6.05. The number of aromatic hydroxyl groups is 1. The molecule has 22 heavy (non-hydrogen) atoms. The number of hydrogen-bond donors (Lipinski definition) is 2. The molecule has 0 radical (unpaired) electrons. The lowest BCUT2D eigenvalue weighted by Crippen LogP contribution is -2.12. The molecule has 0 aliphatic carbocycles. The number of fused-ring (bicyclic) bond motifs is 1. The number of nitrogens with one attached hydrogen (secondary N) is 1. The molecule has 0 heterocycles. The SMILES string of the molecule is O=C(Nc1ccc(Cl)cc1Br)c1ccc2ccccc2c1O. The van der Waals surface area contributed by atoms with Crippen LogP contribution in [0.25, 0.3) is 10.8 Å². The number of amides is 1. The Morgan fingerprint density at radius 2 is 1.86 bits per heavy atom. The van der Waals surface area contributed by atoms with Gasteiger partial charge in [0.05, 0.1) is 11.3 Å². The van der Waals surface area contributed by atoms with Gasteiger partial charge in [-0.1, -0.05) is 41.9 Å². The van der Waals surface area contributed by atoms with Crippen molar-refractivity contribution < 1.29 is 9.90 Å². The quantitative estimate of drug-likeness (QED) is 0.645. The number of halogens is 2. The van der Waals surface area contributed by atoms with E-state index in [0.29, 0.717) is 20.6 Å². The third-order valence-corrected chi connectivity index (χ3v) is 4.22. The minimum absolute atomic E-state index is 0.0271. The fourth-order valence-electron chi connectivity index (χ4n) is 2.22. The lowest BCUT2D eigenvalue weighted by Gasteiger charge is -2.10. The Hall–Kier alpha value is -2.04. The summed E-state index contributed by atoms with van der Waals surface area (Å²) in [5.41, 5.74) is 0.808. The number of anilines is 1. The smallest absolute Gasteiger partial charge is 0.259 e. The van der Waals surface area contributed by atoms with E-state index in [0.717, 1.165) is 5.39 Å². The van der Waals surface area contributed by atoms with Gasteiger partial charge < -0.3 is 10.4 Å². The first-order valence-corrected chi connectivity index (χ1v) is 7.70. The Morgan fingerprint density at radius 3 is 2.64 bits per heavy atom. The average molecular weight is 377 g/mol.